The van der Waals surface area contributed by atoms with Crippen molar-refractivity contribution in [1.29, 1.82) is 0 Å². The zero-order chi connectivity index (χ0) is 67.8. The number of aliphatic hydroxyl groups excluding tert-OH is 1. The first kappa shape index (κ1) is 73.0. The lowest BCUT2D eigenvalue weighted by molar-refractivity contribution is -0.141. The maximum Gasteiger partial charge on any atom is 0.243 e. The van der Waals surface area contributed by atoms with Crippen LogP contribution in [0.2, 0.25) is 0 Å². The van der Waals surface area contributed by atoms with E-state index in [4.69, 9.17) is 0 Å². The minimum absolute atomic E-state index is 0. The van der Waals surface area contributed by atoms with Crippen LogP contribution in [0.15, 0.2) is 66.7 Å². The Morgan fingerprint density at radius 2 is 0.851 bits per heavy atom. The summed E-state index contributed by atoms with van der Waals surface area (Å²) in [6.07, 6.45) is 20.5. The highest BCUT2D eigenvalue weighted by molar-refractivity contribution is 5.88. The topological polar surface area (TPSA) is 158 Å². The Balaban J connectivity index is 0.000000261. The molecule has 5 saturated heterocycles. The summed E-state index contributed by atoms with van der Waals surface area (Å²) in [6.45, 7) is 37.2. The SMILES string of the molecule is CC(=O)N1CCCC[C@H]1C(=O)N[C@H]1CCC2(CCN(CCC(C)(C)C)CC2)c2cc(F)ccc21.CC(=O)N1CCC[C@H]1C(=O)N[C@@H]1CCC2(CCN(CCC(C)(C)C)CC2)c2ccccc21.C[C@@H](O)CC(=O)N[C@H]1CCC2(CCN(CCC(C)(C)C)CC2)c2ccccc21.[HH].[HH].[HH].[HH]. The van der Waals surface area contributed by atoms with Gasteiger partial charge >= 0.3 is 0 Å². The van der Waals surface area contributed by atoms with Crippen LogP contribution in [0.5, 0.6) is 0 Å². The third-order valence-corrected chi connectivity index (χ3v) is 23.1. The van der Waals surface area contributed by atoms with Gasteiger partial charge < -0.3 is 45.6 Å². The van der Waals surface area contributed by atoms with Crippen molar-refractivity contribution in [2.75, 3.05) is 72.0 Å². The van der Waals surface area contributed by atoms with Crippen molar-refractivity contribution in [2.45, 2.75) is 270 Å². The smallest absolute Gasteiger partial charge is 0.243 e. The average Bonchev–Trinajstić information content (AvgIpc) is 0.959. The molecule has 4 N–H and O–H groups in total. The third kappa shape index (κ3) is 18.7. The van der Waals surface area contributed by atoms with Gasteiger partial charge in [0.15, 0.2) is 0 Å². The first-order valence-electron chi connectivity index (χ1n) is 36.7. The zero-order valence-electron chi connectivity index (χ0n) is 60.0. The lowest BCUT2D eigenvalue weighted by atomic mass is 9.63. The summed E-state index contributed by atoms with van der Waals surface area (Å²) >= 11 is 0. The Bertz CT molecular complexity index is 3070. The van der Waals surface area contributed by atoms with E-state index < -0.39 is 12.1 Å². The molecule has 3 aliphatic carbocycles. The van der Waals surface area contributed by atoms with Crippen molar-refractivity contribution in [3.05, 3.63) is 106 Å². The maximum atomic E-state index is 14.4. The number of aliphatic hydroxyl groups is 1. The van der Waals surface area contributed by atoms with Crippen LogP contribution < -0.4 is 16.0 Å². The molecule has 94 heavy (non-hydrogen) atoms. The first-order chi connectivity index (χ1) is 44.4. The van der Waals surface area contributed by atoms with Gasteiger partial charge in [0.05, 0.1) is 30.7 Å². The lowest BCUT2D eigenvalue weighted by Gasteiger charge is -2.48. The summed E-state index contributed by atoms with van der Waals surface area (Å²) in [5.41, 5.74) is 9.24. The number of piperidine rings is 4. The molecule has 3 aromatic rings. The van der Waals surface area contributed by atoms with Gasteiger partial charge in [0.25, 0.3) is 0 Å². The fraction of sp³-hybridized carbons (Fsp3) is 0.709. The Morgan fingerprint density at radius 1 is 0.489 bits per heavy atom. The second kappa shape index (κ2) is 31.1. The summed E-state index contributed by atoms with van der Waals surface area (Å²) < 4.78 is 14.4. The van der Waals surface area contributed by atoms with Crippen molar-refractivity contribution in [1.82, 2.24) is 40.4 Å². The van der Waals surface area contributed by atoms with Crippen LogP contribution >= 0.6 is 0 Å². The van der Waals surface area contributed by atoms with Gasteiger partial charge in [-0.25, -0.2) is 4.39 Å². The van der Waals surface area contributed by atoms with Crippen molar-refractivity contribution >= 4 is 29.5 Å². The van der Waals surface area contributed by atoms with Crippen LogP contribution in [0.25, 0.3) is 0 Å². The summed E-state index contributed by atoms with van der Waals surface area (Å²) in [6, 6.07) is 21.9. The fourth-order valence-electron chi connectivity index (χ4n) is 17.1. The standard InChI is InChI=1S/C28H42FN3O2.C27H41N3O2.C24H38N2O2.4H2/c1-20(33)32-15-6-5-7-25(32)26(34)30-24-10-11-28(23-19-21(29)8-9-22(23)24)13-17-31(18-14-28)16-12-27(2,3)4;1-20(31)30-16-7-10-24(30)25(32)28-23-11-12-27(22-9-6-5-8-21(22)23)14-18-29(19-15-27)17-13-26(2,3)4;1-18(27)17-22(28)25-21-9-10-24(20-8-6-5-7-19(20)21)12-15-26(16-13-24)14-11-23(2,3)4;;;;/h8-9,19,24-25H,5-7,10-18H2,1-4H3,(H,30,34);5-6,8-9,23-24H,7,10-19H2,1-4H3,(H,28,32);5-8,18,21,27H,9-17H2,1-4H3,(H,25,28);4*1H/t24-,25-;23-,24+;18-,21+;;;;/m011..../s1. The number of carbonyl (C=O) groups excluding carboxylic acids is 5. The van der Waals surface area contributed by atoms with Gasteiger partial charge in [0, 0.05) is 32.6 Å². The van der Waals surface area contributed by atoms with Crippen LogP contribution in [-0.4, -0.2) is 149 Å². The van der Waals surface area contributed by atoms with E-state index in [2.05, 4.69) is 141 Å². The molecular formula is C79H129FN8O6. The number of halogens is 1. The highest BCUT2D eigenvalue weighted by Crippen LogP contribution is 2.51. The molecule has 0 saturated carbocycles. The molecule has 3 spiro atoms. The van der Waals surface area contributed by atoms with Gasteiger partial charge in [-0.1, -0.05) is 117 Å². The molecule has 14 nitrogen and oxygen atoms in total. The summed E-state index contributed by atoms with van der Waals surface area (Å²) in [5.74, 6) is -0.335. The number of likely N-dealkylation sites (tertiary alicyclic amines) is 5. The maximum absolute atomic E-state index is 14.4. The zero-order valence-corrected chi connectivity index (χ0v) is 60.0. The molecule has 11 rings (SSSR count). The van der Waals surface area contributed by atoms with E-state index in [0.717, 1.165) is 121 Å². The quantitative estimate of drug-likeness (QED) is 0.131. The third-order valence-electron chi connectivity index (χ3n) is 23.1. The predicted octanol–water partition coefficient (Wildman–Crippen LogP) is 14.5. The molecule has 0 radical (unpaired) electrons. The molecule has 0 aromatic heterocycles. The number of carbonyl (C=O) groups is 5. The summed E-state index contributed by atoms with van der Waals surface area (Å²) in [7, 11) is 0. The highest BCUT2D eigenvalue weighted by Gasteiger charge is 2.47. The van der Waals surface area contributed by atoms with E-state index in [1.807, 2.05) is 6.07 Å². The number of hydrogen-bond acceptors (Lipinski definition) is 9. The largest absolute Gasteiger partial charge is 0.393 e. The van der Waals surface area contributed by atoms with Gasteiger partial charge in [-0.2, -0.15) is 0 Å². The lowest BCUT2D eigenvalue weighted by Crippen LogP contribution is -2.53. The molecule has 528 valence electrons. The molecule has 5 amide bonds. The Hall–Kier alpha value is -5.22. The van der Waals surface area contributed by atoms with Crippen LogP contribution in [0.3, 0.4) is 0 Å². The van der Waals surface area contributed by atoms with Crippen LogP contribution in [0.1, 0.15) is 275 Å². The van der Waals surface area contributed by atoms with E-state index in [1.165, 1.54) is 99.4 Å². The first-order valence-corrected chi connectivity index (χ1v) is 36.7. The van der Waals surface area contributed by atoms with Crippen molar-refractivity contribution in [3.8, 4) is 0 Å². The minimum Gasteiger partial charge on any atom is -0.393 e. The second-order valence-corrected chi connectivity index (χ2v) is 33.7. The number of nitrogens with one attached hydrogen (secondary N) is 3. The minimum atomic E-state index is -0.595. The molecule has 3 aromatic carbocycles. The second-order valence-electron chi connectivity index (χ2n) is 33.7. The van der Waals surface area contributed by atoms with Crippen LogP contribution in [0.4, 0.5) is 4.39 Å². The number of hydrogen-bond donors (Lipinski definition) is 4. The molecule has 5 aliphatic heterocycles. The van der Waals surface area contributed by atoms with Crippen molar-refractivity contribution in [3.63, 3.8) is 0 Å². The Labute approximate surface area is 571 Å². The van der Waals surface area contributed by atoms with Gasteiger partial charge in [0.2, 0.25) is 29.5 Å². The van der Waals surface area contributed by atoms with E-state index in [1.54, 1.807) is 36.6 Å². The molecule has 5 fully saturated rings. The average molecular weight is 1310 g/mol. The molecule has 0 unspecified atom stereocenters. The Kier molecular flexibility index (Phi) is 24.2. The van der Waals surface area contributed by atoms with Crippen molar-refractivity contribution in [2.24, 2.45) is 16.2 Å². The molecule has 8 aliphatic rings. The molecule has 15 heteroatoms. The van der Waals surface area contributed by atoms with E-state index >= 15 is 0 Å². The molecule has 5 heterocycles. The van der Waals surface area contributed by atoms with Crippen LogP contribution in [-0.2, 0) is 40.2 Å². The fourth-order valence-corrected chi connectivity index (χ4v) is 17.1. The Morgan fingerprint density at radius 3 is 1.24 bits per heavy atom. The summed E-state index contributed by atoms with van der Waals surface area (Å²) in [5, 5.41) is 19.2. The number of rotatable bonds is 13. The summed E-state index contributed by atoms with van der Waals surface area (Å²) in [4.78, 5) is 73.8. The van der Waals surface area contributed by atoms with E-state index in [-0.39, 0.29) is 87.9 Å². The predicted molar refractivity (Wildman–Crippen MR) is 384 cm³/mol. The molecule has 6 atom stereocenters. The molecule has 0 bridgehead atoms. The van der Waals surface area contributed by atoms with E-state index in [9.17, 15) is 33.5 Å². The number of amides is 5. The van der Waals surface area contributed by atoms with E-state index in [0.29, 0.717) is 35.8 Å². The highest BCUT2D eigenvalue weighted by atomic mass is 19.1. The number of nitrogens with zero attached hydrogens (tertiary/aromatic N) is 5. The van der Waals surface area contributed by atoms with Gasteiger partial charge in [-0.05, 0) is 272 Å². The van der Waals surface area contributed by atoms with Gasteiger partial charge in [-0.3, -0.25) is 24.0 Å². The van der Waals surface area contributed by atoms with Crippen LogP contribution in [0, 0.1) is 22.1 Å². The van der Waals surface area contributed by atoms with Crippen molar-refractivity contribution < 1.29 is 39.2 Å². The van der Waals surface area contributed by atoms with Gasteiger partial charge in [0.1, 0.15) is 17.9 Å². The molecular weight excluding hydrogens is 1180 g/mol. The monoisotopic (exact) mass is 1310 g/mol. The number of benzene rings is 3. The van der Waals surface area contributed by atoms with Gasteiger partial charge in [-0.15, -0.1) is 0 Å². The number of fused-ring (bicyclic) bond motifs is 6. The normalized spacial score (nSPS) is 24.7.